The number of rotatable bonds is 4. The predicted molar refractivity (Wildman–Crippen MR) is 33.3 cm³/mol. The fourth-order valence-corrected chi connectivity index (χ4v) is 0.493. The summed E-state index contributed by atoms with van der Waals surface area (Å²) in [5, 5.41) is 9.92. The third-order valence-corrected chi connectivity index (χ3v) is 1.22. The van der Waals surface area contributed by atoms with Crippen LogP contribution in [0.2, 0.25) is 0 Å². The van der Waals surface area contributed by atoms with Crippen LogP contribution in [0.15, 0.2) is 0 Å². The molecular formula is C6H14NO. The molecule has 0 aliphatic heterocycles. The van der Waals surface area contributed by atoms with Gasteiger partial charge in [-0.15, -0.1) is 0 Å². The minimum atomic E-state index is 0.0599. The molecule has 0 unspecified atom stereocenters. The second-order valence-corrected chi connectivity index (χ2v) is 1.95. The summed E-state index contributed by atoms with van der Waals surface area (Å²) in [6, 6.07) is 0. The molecule has 0 bridgehead atoms. The minimum Gasteiger partial charge on any atom is -0.307 e. The highest BCUT2D eigenvalue weighted by Gasteiger charge is 1.90. The zero-order chi connectivity index (χ0) is 6.41. The molecule has 0 aliphatic rings. The van der Waals surface area contributed by atoms with E-state index in [2.05, 4.69) is 11.8 Å². The number of hydrogen-bond donors (Lipinski definition) is 0. The van der Waals surface area contributed by atoms with Crippen LogP contribution in [0.3, 0.4) is 0 Å². The second-order valence-electron chi connectivity index (χ2n) is 1.95. The van der Waals surface area contributed by atoms with Crippen LogP contribution in [0.5, 0.6) is 0 Å². The van der Waals surface area contributed by atoms with Crippen molar-refractivity contribution in [2.24, 2.45) is 0 Å². The van der Waals surface area contributed by atoms with E-state index in [0.29, 0.717) is 0 Å². The second kappa shape index (κ2) is 5.06. The maximum absolute atomic E-state index is 9.92. The Hall–Kier alpha value is -0.0800. The highest BCUT2D eigenvalue weighted by molar-refractivity contribution is 4.44. The molecule has 0 heterocycles. The summed E-state index contributed by atoms with van der Waals surface area (Å²) in [7, 11) is 2.02. The van der Waals surface area contributed by atoms with E-state index in [9.17, 15) is 5.11 Å². The van der Waals surface area contributed by atoms with E-state index in [1.165, 1.54) is 0 Å². The molecule has 0 atom stereocenters. The smallest absolute Gasteiger partial charge is 0.0834 e. The standard InChI is InChI=1S/C6H14NO/c1-3-7(2)5-4-6-8/h3-6H2,1-2H3. The van der Waals surface area contributed by atoms with Gasteiger partial charge in [0, 0.05) is 6.54 Å². The quantitative estimate of drug-likeness (QED) is 0.531. The molecule has 0 aromatic heterocycles. The van der Waals surface area contributed by atoms with E-state index >= 15 is 0 Å². The first-order valence-corrected chi connectivity index (χ1v) is 3.08. The van der Waals surface area contributed by atoms with Crippen molar-refractivity contribution in [3.05, 3.63) is 0 Å². The first-order valence-electron chi connectivity index (χ1n) is 3.08. The van der Waals surface area contributed by atoms with E-state index < -0.39 is 0 Å². The lowest BCUT2D eigenvalue weighted by Gasteiger charge is -2.10. The van der Waals surface area contributed by atoms with E-state index in [-0.39, 0.29) is 6.61 Å². The first kappa shape index (κ1) is 7.92. The van der Waals surface area contributed by atoms with Gasteiger partial charge in [0.25, 0.3) is 0 Å². The van der Waals surface area contributed by atoms with Gasteiger partial charge < -0.3 is 4.90 Å². The Kier molecular flexibility index (Phi) is 5.01. The van der Waals surface area contributed by atoms with Crippen LogP contribution >= 0.6 is 0 Å². The molecule has 0 N–H and O–H groups in total. The van der Waals surface area contributed by atoms with Crippen molar-refractivity contribution in [3.63, 3.8) is 0 Å². The summed E-state index contributed by atoms with van der Waals surface area (Å²) in [6.07, 6.45) is 0.782. The highest BCUT2D eigenvalue weighted by atomic mass is 16.3. The molecule has 0 saturated heterocycles. The maximum Gasteiger partial charge on any atom is 0.0834 e. The Morgan fingerprint density at radius 1 is 1.50 bits per heavy atom. The van der Waals surface area contributed by atoms with Gasteiger partial charge in [-0.3, -0.25) is 0 Å². The normalized spacial score (nSPS) is 10.5. The molecule has 0 amide bonds. The summed E-state index contributed by atoms with van der Waals surface area (Å²) < 4.78 is 0. The lowest BCUT2D eigenvalue weighted by atomic mass is 10.4. The average Bonchev–Trinajstić information content (AvgIpc) is 1.83. The van der Waals surface area contributed by atoms with Crippen molar-refractivity contribution in [1.29, 1.82) is 0 Å². The third kappa shape index (κ3) is 4.09. The van der Waals surface area contributed by atoms with Gasteiger partial charge in [-0.05, 0) is 20.0 Å². The summed E-state index contributed by atoms with van der Waals surface area (Å²) in [5.41, 5.74) is 0. The van der Waals surface area contributed by atoms with Crippen LogP contribution in [0.25, 0.3) is 0 Å². The molecule has 0 aromatic carbocycles. The van der Waals surface area contributed by atoms with Gasteiger partial charge >= 0.3 is 0 Å². The minimum absolute atomic E-state index is 0.0599. The fourth-order valence-electron chi connectivity index (χ4n) is 0.493. The Balaban J connectivity index is 2.86. The molecule has 8 heavy (non-hydrogen) atoms. The van der Waals surface area contributed by atoms with E-state index in [4.69, 9.17) is 0 Å². The molecule has 0 fully saturated rings. The lowest BCUT2D eigenvalue weighted by Crippen LogP contribution is -2.19. The Bertz CT molecular complexity index is 47.8. The van der Waals surface area contributed by atoms with Crippen molar-refractivity contribution in [1.82, 2.24) is 4.90 Å². The van der Waals surface area contributed by atoms with Gasteiger partial charge in [-0.25, -0.2) is 5.11 Å². The van der Waals surface area contributed by atoms with Crippen molar-refractivity contribution >= 4 is 0 Å². The van der Waals surface area contributed by atoms with Crippen molar-refractivity contribution in [3.8, 4) is 0 Å². The zero-order valence-electron chi connectivity index (χ0n) is 5.68. The largest absolute Gasteiger partial charge is 0.307 e. The molecule has 0 rings (SSSR count). The number of hydrogen-bond acceptors (Lipinski definition) is 1. The van der Waals surface area contributed by atoms with Crippen molar-refractivity contribution < 1.29 is 5.11 Å². The van der Waals surface area contributed by atoms with Gasteiger partial charge in [0.1, 0.15) is 0 Å². The summed E-state index contributed by atoms with van der Waals surface area (Å²) in [4.78, 5) is 2.14. The van der Waals surface area contributed by atoms with Gasteiger partial charge in [0.15, 0.2) is 0 Å². The van der Waals surface area contributed by atoms with E-state index in [1.54, 1.807) is 0 Å². The zero-order valence-corrected chi connectivity index (χ0v) is 5.68. The molecule has 0 aliphatic carbocycles. The molecule has 2 nitrogen and oxygen atoms in total. The van der Waals surface area contributed by atoms with E-state index in [0.717, 1.165) is 19.5 Å². The Labute approximate surface area is 51.1 Å². The van der Waals surface area contributed by atoms with Crippen LogP contribution in [0.4, 0.5) is 0 Å². The van der Waals surface area contributed by atoms with Crippen LogP contribution < -0.4 is 0 Å². The van der Waals surface area contributed by atoms with Gasteiger partial charge in [-0.1, -0.05) is 6.92 Å². The summed E-state index contributed by atoms with van der Waals surface area (Å²) in [6.45, 7) is 4.13. The highest BCUT2D eigenvalue weighted by Crippen LogP contribution is 1.83. The fraction of sp³-hybridized carbons (Fsp3) is 1.00. The molecular weight excluding hydrogens is 102 g/mol. The van der Waals surface area contributed by atoms with Crippen LogP contribution in [-0.4, -0.2) is 31.6 Å². The lowest BCUT2D eigenvalue weighted by molar-refractivity contribution is 0.174. The first-order chi connectivity index (χ1) is 3.81. The van der Waals surface area contributed by atoms with Crippen molar-refractivity contribution in [2.45, 2.75) is 13.3 Å². The topological polar surface area (TPSA) is 23.1 Å². The molecule has 1 radical (unpaired) electrons. The molecule has 0 saturated carbocycles. The Morgan fingerprint density at radius 3 is 2.50 bits per heavy atom. The van der Waals surface area contributed by atoms with Crippen LogP contribution in [0, 0.1) is 0 Å². The molecule has 49 valence electrons. The molecule has 2 heteroatoms. The molecule has 0 aromatic rings. The van der Waals surface area contributed by atoms with E-state index in [1.807, 2.05) is 7.05 Å². The average molecular weight is 116 g/mol. The van der Waals surface area contributed by atoms with Crippen LogP contribution in [0.1, 0.15) is 13.3 Å². The monoisotopic (exact) mass is 116 g/mol. The van der Waals surface area contributed by atoms with Crippen molar-refractivity contribution in [2.75, 3.05) is 26.7 Å². The summed E-state index contributed by atoms with van der Waals surface area (Å²) in [5.74, 6) is 0. The predicted octanol–water partition coefficient (Wildman–Crippen LogP) is 0.759. The molecule has 0 spiro atoms. The number of nitrogens with zero attached hydrogens (tertiary/aromatic N) is 1. The van der Waals surface area contributed by atoms with Gasteiger partial charge in [-0.2, -0.15) is 0 Å². The SMILES string of the molecule is CCN(C)CCC[O]. The maximum atomic E-state index is 9.92. The third-order valence-electron chi connectivity index (χ3n) is 1.22. The Morgan fingerprint density at radius 2 is 2.12 bits per heavy atom. The van der Waals surface area contributed by atoms with Crippen LogP contribution in [-0.2, 0) is 5.11 Å². The summed E-state index contributed by atoms with van der Waals surface area (Å²) >= 11 is 0. The van der Waals surface area contributed by atoms with Gasteiger partial charge in [0.2, 0.25) is 0 Å². The van der Waals surface area contributed by atoms with Gasteiger partial charge in [0.05, 0.1) is 6.61 Å².